The monoisotopic (exact) mass is 255 g/mol. The van der Waals surface area contributed by atoms with Gasteiger partial charge in [0, 0.05) is 6.54 Å². The molecule has 0 heterocycles. The largest absolute Gasteiger partial charge is 0.493 e. The van der Waals surface area contributed by atoms with E-state index in [-0.39, 0.29) is 19.8 Å². The van der Waals surface area contributed by atoms with Crippen LogP contribution in [0.4, 0.5) is 4.79 Å². The Bertz CT molecular complexity index is 394. The number of hydrogen-bond acceptors (Lipinski definition) is 5. The highest BCUT2D eigenvalue weighted by Gasteiger charge is 2.06. The van der Waals surface area contributed by atoms with Crippen LogP contribution in [0, 0.1) is 0 Å². The van der Waals surface area contributed by atoms with E-state index in [1.165, 1.54) is 7.11 Å². The van der Waals surface area contributed by atoms with Crippen LogP contribution >= 0.6 is 0 Å². The van der Waals surface area contributed by atoms with Crippen LogP contribution in [0.3, 0.4) is 0 Å². The third kappa shape index (κ3) is 4.14. The summed E-state index contributed by atoms with van der Waals surface area (Å²) in [5, 5.41) is 10.9. The molecule has 0 aliphatic carbocycles. The fraction of sp³-hybridized carbons (Fsp3) is 0.417. The summed E-state index contributed by atoms with van der Waals surface area (Å²) in [4.78, 5) is 11.2. The molecule has 2 N–H and O–H groups in total. The first-order chi connectivity index (χ1) is 8.71. The molecule has 0 aromatic heterocycles. The smallest absolute Gasteiger partial charge is 0.407 e. The average Bonchev–Trinajstić information content (AvgIpc) is 2.42. The highest BCUT2D eigenvalue weighted by atomic mass is 16.5. The second-order valence-corrected chi connectivity index (χ2v) is 3.42. The van der Waals surface area contributed by atoms with Crippen LogP contribution in [0.15, 0.2) is 18.2 Å². The molecule has 6 heteroatoms. The van der Waals surface area contributed by atoms with Gasteiger partial charge in [0.15, 0.2) is 11.5 Å². The molecule has 1 aromatic rings. The van der Waals surface area contributed by atoms with Gasteiger partial charge in [-0.25, -0.2) is 4.79 Å². The molecule has 1 rings (SSSR count). The van der Waals surface area contributed by atoms with Gasteiger partial charge in [0.1, 0.15) is 6.61 Å². The van der Waals surface area contributed by atoms with Crippen molar-refractivity contribution < 1.29 is 24.1 Å². The van der Waals surface area contributed by atoms with Gasteiger partial charge in [0.2, 0.25) is 0 Å². The first-order valence-electron chi connectivity index (χ1n) is 5.43. The van der Waals surface area contributed by atoms with Crippen molar-refractivity contribution in [3.05, 3.63) is 23.8 Å². The Labute approximate surface area is 105 Å². The van der Waals surface area contributed by atoms with Crippen LogP contribution in [0.5, 0.6) is 11.5 Å². The molecule has 6 nitrogen and oxygen atoms in total. The van der Waals surface area contributed by atoms with E-state index < -0.39 is 6.09 Å². The van der Waals surface area contributed by atoms with Crippen LogP contribution in [-0.2, 0) is 11.3 Å². The van der Waals surface area contributed by atoms with E-state index in [1.807, 2.05) is 0 Å². The Balaban J connectivity index is 2.55. The number of hydrogen-bond donors (Lipinski definition) is 2. The molecular formula is C12H17NO5. The number of benzene rings is 1. The molecule has 0 bridgehead atoms. The predicted octanol–water partition coefficient (Wildman–Crippen LogP) is 0.922. The van der Waals surface area contributed by atoms with Crippen LogP contribution in [0.1, 0.15) is 5.56 Å². The SMILES string of the molecule is COc1ccc(COC(=O)NCCO)cc1OC. The summed E-state index contributed by atoms with van der Waals surface area (Å²) in [6.45, 7) is 0.174. The van der Waals surface area contributed by atoms with Crippen LogP contribution in [0.25, 0.3) is 0 Å². The molecule has 0 saturated carbocycles. The summed E-state index contributed by atoms with van der Waals surface area (Å²) >= 11 is 0. The molecular weight excluding hydrogens is 238 g/mol. The lowest BCUT2D eigenvalue weighted by Crippen LogP contribution is -2.26. The zero-order chi connectivity index (χ0) is 13.4. The van der Waals surface area contributed by atoms with Gasteiger partial charge in [0.25, 0.3) is 0 Å². The number of methoxy groups -OCH3 is 2. The molecule has 0 atom stereocenters. The topological polar surface area (TPSA) is 77.0 Å². The van der Waals surface area contributed by atoms with Gasteiger partial charge < -0.3 is 24.6 Å². The first kappa shape index (κ1) is 14.1. The van der Waals surface area contributed by atoms with Gasteiger partial charge in [-0.15, -0.1) is 0 Å². The lowest BCUT2D eigenvalue weighted by atomic mass is 10.2. The maximum Gasteiger partial charge on any atom is 0.407 e. The predicted molar refractivity (Wildman–Crippen MR) is 64.8 cm³/mol. The highest BCUT2D eigenvalue weighted by Crippen LogP contribution is 2.27. The Morgan fingerprint density at radius 2 is 2.00 bits per heavy atom. The third-order valence-electron chi connectivity index (χ3n) is 2.20. The van der Waals surface area contributed by atoms with Crippen LogP contribution in [-0.4, -0.2) is 38.6 Å². The quantitative estimate of drug-likeness (QED) is 0.790. The molecule has 0 spiro atoms. The minimum Gasteiger partial charge on any atom is -0.493 e. The van der Waals surface area contributed by atoms with Gasteiger partial charge in [-0.3, -0.25) is 0 Å². The number of ether oxygens (including phenoxy) is 3. The molecule has 0 radical (unpaired) electrons. The van der Waals surface area contributed by atoms with E-state index in [0.29, 0.717) is 11.5 Å². The Kier molecular flexibility index (Phi) is 5.79. The number of carbonyl (C=O) groups excluding carboxylic acids is 1. The normalized spacial score (nSPS) is 9.72. The number of aliphatic hydroxyl groups is 1. The molecule has 1 amide bonds. The lowest BCUT2D eigenvalue weighted by molar-refractivity contribution is 0.137. The van der Waals surface area contributed by atoms with E-state index in [4.69, 9.17) is 19.3 Å². The Hall–Kier alpha value is -1.95. The molecule has 0 aliphatic heterocycles. The minimum atomic E-state index is -0.571. The standard InChI is InChI=1S/C12H17NO5/c1-16-10-4-3-9(7-11(10)17-2)8-18-12(15)13-5-6-14/h3-4,7,14H,5-6,8H2,1-2H3,(H,13,15). The van der Waals surface area contributed by atoms with E-state index in [0.717, 1.165) is 5.56 Å². The fourth-order valence-electron chi connectivity index (χ4n) is 1.33. The Morgan fingerprint density at radius 1 is 1.28 bits per heavy atom. The maximum atomic E-state index is 11.2. The molecule has 1 aromatic carbocycles. The van der Waals surface area contributed by atoms with Crippen molar-refractivity contribution in [1.29, 1.82) is 0 Å². The van der Waals surface area contributed by atoms with Crippen molar-refractivity contribution in [1.82, 2.24) is 5.32 Å². The van der Waals surface area contributed by atoms with E-state index >= 15 is 0 Å². The molecule has 0 saturated heterocycles. The minimum absolute atomic E-state index is 0.120. The van der Waals surface area contributed by atoms with Gasteiger partial charge in [-0.2, -0.15) is 0 Å². The number of nitrogens with one attached hydrogen (secondary N) is 1. The van der Waals surface area contributed by atoms with Crippen molar-refractivity contribution >= 4 is 6.09 Å². The zero-order valence-electron chi connectivity index (χ0n) is 10.4. The van der Waals surface area contributed by atoms with Crippen LogP contribution < -0.4 is 14.8 Å². The highest BCUT2D eigenvalue weighted by molar-refractivity contribution is 5.67. The second kappa shape index (κ2) is 7.39. The van der Waals surface area contributed by atoms with Crippen molar-refractivity contribution in [2.45, 2.75) is 6.61 Å². The zero-order valence-corrected chi connectivity index (χ0v) is 10.4. The third-order valence-corrected chi connectivity index (χ3v) is 2.20. The molecule has 18 heavy (non-hydrogen) atoms. The summed E-state index contributed by atoms with van der Waals surface area (Å²) in [6.07, 6.45) is -0.571. The molecule has 100 valence electrons. The van der Waals surface area contributed by atoms with Crippen molar-refractivity contribution in [2.24, 2.45) is 0 Å². The van der Waals surface area contributed by atoms with E-state index in [2.05, 4.69) is 5.32 Å². The van der Waals surface area contributed by atoms with Gasteiger partial charge in [-0.05, 0) is 17.7 Å². The molecule has 0 unspecified atom stereocenters. The number of carbonyl (C=O) groups is 1. The summed E-state index contributed by atoms with van der Waals surface area (Å²) in [5.41, 5.74) is 0.784. The van der Waals surface area contributed by atoms with E-state index in [9.17, 15) is 4.79 Å². The number of aliphatic hydroxyl groups excluding tert-OH is 1. The first-order valence-corrected chi connectivity index (χ1v) is 5.43. The maximum absolute atomic E-state index is 11.2. The lowest BCUT2D eigenvalue weighted by Gasteiger charge is -2.10. The van der Waals surface area contributed by atoms with E-state index in [1.54, 1.807) is 25.3 Å². The summed E-state index contributed by atoms with van der Waals surface area (Å²) in [5.74, 6) is 1.19. The molecule has 0 aliphatic rings. The Morgan fingerprint density at radius 3 is 2.61 bits per heavy atom. The van der Waals surface area contributed by atoms with Gasteiger partial charge in [0.05, 0.1) is 20.8 Å². The number of amides is 1. The fourth-order valence-corrected chi connectivity index (χ4v) is 1.33. The summed E-state index contributed by atoms with van der Waals surface area (Å²) in [6, 6.07) is 5.25. The number of rotatable bonds is 6. The molecule has 0 fully saturated rings. The summed E-state index contributed by atoms with van der Waals surface area (Å²) < 4.78 is 15.2. The summed E-state index contributed by atoms with van der Waals surface area (Å²) in [7, 11) is 3.09. The number of alkyl carbamates (subject to hydrolysis) is 1. The van der Waals surface area contributed by atoms with Crippen LogP contribution in [0.2, 0.25) is 0 Å². The van der Waals surface area contributed by atoms with Crippen molar-refractivity contribution in [3.8, 4) is 11.5 Å². The van der Waals surface area contributed by atoms with Gasteiger partial charge in [-0.1, -0.05) is 6.07 Å². The average molecular weight is 255 g/mol. The van der Waals surface area contributed by atoms with Gasteiger partial charge >= 0.3 is 6.09 Å². The van der Waals surface area contributed by atoms with Crippen molar-refractivity contribution in [3.63, 3.8) is 0 Å². The van der Waals surface area contributed by atoms with Crippen molar-refractivity contribution in [2.75, 3.05) is 27.4 Å². The second-order valence-electron chi connectivity index (χ2n) is 3.42.